The molecule has 4 aromatic rings. The molecular weight excluding hydrogens is 449 g/mol. The van der Waals surface area contributed by atoms with Crippen molar-refractivity contribution in [3.8, 4) is 0 Å². The second-order valence-electron chi connectivity index (χ2n) is 7.51. The number of sulfonamides is 1. The van der Waals surface area contributed by atoms with E-state index in [2.05, 4.69) is 15.8 Å². The average Bonchev–Trinajstić information content (AvgIpc) is 3.19. The molecule has 1 aliphatic rings. The second kappa shape index (κ2) is 7.99. The van der Waals surface area contributed by atoms with Crippen LogP contribution < -0.4 is 4.72 Å². The third kappa shape index (κ3) is 3.96. The lowest BCUT2D eigenvalue weighted by atomic mass is 9.99. The zero-order valence-corrected chi connectivity index (χ0v) is 18.4. The van der Waals surface area contributed by atoms with Crippen LogP contribution in [0.25, 0.3) is 10.2 Å². The molecule has 3 aromatic carbocycles. The van der Waals surface area contributed by atoms with Crippen LogP contribution in [0.2, 0.25) is 0 Å². The quantitative estimate of drug-likeness (QED) is 0.481. The fourth-order valence-electron chi connectivity index (χ4n) is 3.74. The lowest BCUT2D eigenvalue weighted by molar-refractivity contribution is 0.0735. The Balaban J connectivity index is 1.37. The number of aromatic nitrogens is 1. The first-order chi connectivity index (χ1) is 15.4. The number of anilines is 1. The van der Waals surface area contributed by atoms with Gasteiger partial charge < -0.3 is 4.90 Å². The van der Waals surface area contributed by atoms with Crippen LogP contribution in [0.15, 0.2) is 71.6 Å². The summed E-state index contributed by atoms with van der Waals surface area (Å²) in [7, 11) is -3.89. The van der Waals surface area contributed by atoms with Gasteiger partial charge in [-0.15, -0.1) is 0 Å². The molecule has 1 N–H and O–H groups in total. The van der Waals surface area contributed by atoms with Gasteiger partial charge in [0.1, 0.15) is 5.82 Å². The van der Waals surface area contributed by atoms with E-state index in [1.165, 1.54) is 17.7 Å². The molecule has 0 aliphatic carbocycles. The topological polar surface area (TPSA) is 79.4 Å². The van der Waals surface area contributed by atoms with Gasteiger partial charge in [-0.1, -0.05) is 35.6 Å². The molecule has 2 heterocycles. The lowest BCUT2D eigenvalue weighted by Crippen LogP contribution is -2.35. The summed E-state index contributed by atoms with van der Waals surface area (Å²) in [4.78, 5) is 19.1. The average molecular weight is 468 g/mol. The number of benzene rings is 3. The van der Waals surface area contributed by atoms with Gasteiger partial charge in [-0.3, -0.25) is 9.52 Å². The standard InChI is InChI=1S/C23H18FN3O3S2/c24-18-6-8-19(9-7-18)32(29,30)26-23-25-20-10-5-16(13-21(20)31-23)22(28)27-12-11-15-3-1-2-4-17(15)14-27/h1-10,13H,11-12,14H2,(H,25,26). The Hall–Kier alpha value is -3.30. The van der Waals surface area contributed by atoms with E-state index >= 15 is 0 Å². The van der Waals surface area contributed by atoms with E-state index in [0.29, 0.717) is 28.9 Å². The predicted molar refractivity (Wildman–Crippen MR) is 122 cm³/mol. The molecule has 0 bridgehead atoms. The molecule has 9 heteroatoms. The Morgan fingerprint density at radius 1 is 1.03 bits per heavy atom. The second-order valence-corrected chi connectivity index (χ2v) is 10.2. The van der Waals surface area contributed by atoms with E-state index in [9.17, 15) is 17.6 Å². The van der Waals surface area contributed by atoms with Gasteiger partial charge in [-0.25, -0.2) is 17.8 Å². The third-order valence-electron chi connectivity index (χ3n) is 5.40. The van der Waals surface area contributed by atoms with Crippen molar-refractivity contribution in [3.05, 3.63) is 89.2 Å². The first-order valence-corrected chi connectivity index (χ1v) is 12.2. The SMILES string of the molecule is O=C(c1ccc2nc(NS(=O)(=O)c3ccc(F)cc3)sc2c1)N1CCc2ccccc2C1. The highest BCUT2D eigenvalue weighted by molar-refractivity contribution is 7.93. The largest absolute Gasteiger partial charge is 0.334 e. The van der Waals surface area contributed by atoms with E-state index in [4.69, 9.17) is 0 Å². The van der Waals surface area contributed by atoms with E-state index in [-0.39, 0.29) is 15.9 Å². The maximum Gasteiger partial charge on any atom is 0.263 e. The third-order valence-corrected chi connectivity index (χ3v) is 7.82. The highest BCUT2D eigenvalue weighted by atomic mass is 32.2. The van der Waals surface area contributed by atoms with Crippen molar-refractivity contribution in [2.75, 3.05) is 11.3 Å². The van der Waals surface area contributed by atoms with E-state index in [1.807, 2.05) is 23.1 Å². The van der Waals surface area contributed by atoms with Crippen LogP contribution in [0, 0.1) is 5.82 Å². The Morgan fingerprint density at radius 2 is 1.78 bits per heavy atom. The number of halogens is 1. The number of nitrogens with zero attached hydrogens (tertiary/aromatic N) is 2. The maximum absolute atomic E-state index is 13.1. The molecule has 1 aliphatic heterocycles. The summed E-state index contributed by atoms with van der Waals surface area (Å²) in [5.74, 6) is -0.582. The summed E-state index contributed by atoms with van der Waals surface area (Å²) in [6, 6.07) is 17.8. The summed E-state index contributed by atoms with van der Waals surface area (Å²) in [6.07, 6.45) is 0.819. The van der Waals surface area contributed by atoms with Crippen LogP contribution in [0.4, 0.5) is 9.52 Å². The van der Waals surface area contributed by atoms with Crippen molar-refractivity contribution in [1.29, 1.82) is 0 Å². The van der Waals surface area contributed by atoms with E-state index < -0.39 is 15.8 Å². The van der Waals surface area contributed by atoms with Crippen molar-refractivity contribution in [2.45, 2.75) is 17.9 Å². The molecule has 0 saturated carbocycles. The molecule has 0 fully saturated rings. The van der Waals surface area contributed by atoms with Crippen LogP contribution in [0.3, 0.4) is 0 Å². The fourth-order valence-corrected chi connectivity index (χ4v) is 5.88. The van der Waals surface area contributed by atoms with Gasteiger partial charge in [-0.2, -0.15) is 0 Å². The number of carbonyl (C=O) groups excluding carboxylic acids is 1. The Bertz CT molecular complexity index is 1430. The minimum atomic E-state index is -3.89. The summed E-state index contributed by atoms with van der Waals surface area (Å²) in [6.45, 7) is 1.22. The van der Waals surface area contributed by atoms with Crippen LogP contribution in [-0.4, -0.2) is 30.8 Å². The van der Waals surface area contributed by atoms with E-state index in [1.54, 1.807) is 18.2 Å². The fraction of sp³-hybridized carbons (Fsp3) is 0.130. The van der Waals surface area contributed by atoms with Crippen molar-refractivity contribution in [3.63, 3.8) is 0 Å². The van der Waals surface area contributed by atoms with Gasteiger partial charge in [-0.05, 0) is 60.0 Å². The maximum atomic E-state index is 13.1. The number of rotatable bonds is 4. The van der Waals surface area contributed by atoms with Crippen LogP contribution >= 0.6 is 11.3 Å². The summed E-state index contributed by atoms with van der Waals surface area (Å²) >= 11 is 1.14. The smallest absolute Gasteiger partial charge is 0.263 e. The molecule has 0 radical (unpaired) electrons. The molecule has 0 unspecified atom stereocenters. The number of nitrogens with one attached hydrogen (secondary N) is 1. The highest BCUT2D eigenvalue weighted by Crippen LogP contribution is 2.29. The van der Waals surface area contributed by atoms with Crippen LogP contribution in [-0.2, 0) is 23.0 Å². The number of amides is 1. The van der Waals surface area contributed by atoms with Crippen molar-refractivity contribution < 1.29 is 17.6 Å². The minimum absolute atomic E-state index is 0.0561. The van der Waals surface area contributed by atoms with Gasteiger partial charge in [0.15, 0.2) is 5.13 Å². The molecule has 0 atom stereocenters. The monoisotopic (exact) mass is 467 g/mol. The first kappa shape index (κ1) is 20.6. The molecule has 0 saturated heterocycles. The molecule has 5 rings (SSSR count). The zero-order chi connectivity index (χ0) is 22.3. The first-order valence-electron chi connectivity index (χ1n) is 9.94. The van der Waals surface area contributed by atoms with E-state index in [0.717, 1.165) is 35.5 Å². The Morgan fingerprint density at radius 3 is 2.56 bits per heavy atom. The van der Waals surface area contributed by atoms with Gasteiger partial charge in [0, 0.05) is 18.7 Å². The minimum Gasteiger partial charge on any atom is -0.334 e. The highest BCUT2D eigenvalue weighted by Gasteiger charge is 2.22. The summed E-state index contributed by atoms with van der Waals surface area (Å²) in [5, 5.41) is 0.181. The molecule has 1 aromatic heterocycles. The predicted octanol–water partition coefficient (Wildman–Crippen LogP) is 4.43. The number of carbonyl (C=O) groups is 1. The summed E-state index contributed by atoms with van der Waals surface area (Å²) < 4.78 is 41.3. The van der Waals surface area contributed by atoms with Gasteiger partial charge in [0.25, 0.3) is 15.9 Å². The number of fused-ring (bicyclic) bond motifs is 2. The molecule has 1 amide bonds. The van der Waals surface area contributed by atoms with Gasteiger partial charge >= 0.3 is 0 Å². The lowest BCUT2D eigenvalue weighted by Gasteiger charge is -2.29. The summed E-state index contributed by atoms with van der Waals surface area (Å²) in [5.41, 5.74) is 3.55. The molecule has 6 nitrogen and oxygen atoms in total. The number of hydrogen-bond acceptors (Lipinski definition) is 5. The Labute approximate surface area is 188 Å². The Kier molecular flexibility index (Phi) is 5.15. The van der Waals surface area contributed by atoms with Gasteiger partial charge in [0.05, 0.1) is 15.1 Å². The molecular formula is C23H18FN3O3S2. The molecule has 162 valence electrons. The number of thiazole rings is 1. The van der Waals surface area contributed by atoms with Gasteiger partial charge in [0.2, 0.25) is 0 Å². The van der Waals surface area contributed by atoms with Crippen molar-refractivity contribution in [1.82, 2.24) is 9.88 Å². The van der Waals surface area contributed by atoms with Crippen molar-refractivity contribution in [2.24, 2.45) is 0 Å². The normalized spacial score (nSPS) is 13.7. The molecule has 0 spiro atoms. The number of hydrogen-bond donors (Lipinski definition) is 1. The van der Waals surface area contributed by atoms with Crippen LogP contribution in [0.1, 0.15) is 21.5 Å². The van der Waals surface area contributed by atoms with Crippen LogP contribution in [0.5, 0.6) is 0 Å². The van der Waals surface area contributed by atoms with Crippen molar-refractivity contribution >= 4 is 42.6 Å². The zero-order valence-electron chi connectivity index (χ0n) is 16.8. The molecule has 32 heavy (non-hydrogen) atoms.